The summed E-state index contributed by atoms with van der Waals surface area (Å²) in [4.78, 5) is -0.377. The van der Waals surface area contributed by atoms with Crippen molar-refractivity contribution in [3.63, 3.8) is 0 Å². The largest absolute Gasteiger partial charge is 0.332 e. The van der Waals surface area contributed by atoms with E-state index < -0.39 is 10.2 Å². The zero-order valence-corrected chi connectivity index (χ0v) is 14.5. The number of hydrogen-bond acceptors (Lipinski definition) is 5. The summed E-state index contributed by atoms with van der Waals surface area (Å²) in [5.41, 5.74) is 7.44. The van der Waals surface area contributed by atoms with E-state index in [4.69, 9.17) is 5.73 Å². The van der Waals surface area contributed by atoms with E-state index in [1.54, 1.807) is 6.20 Å². The topological polar surface area (TPSA) is 90.9 Å². The van der Waals surface area contributed by atoms with E-state index in [0.717, 1.165) is 12.8 Å². The lowest BCUT2D eigenvalue weighted by molar-refractivity contribution is 0.261. The van der Waals surface area contributed by atoms with Gasteiger partial charge in [0.05, 0.1) is 22.8 Å². The van der Waals surface area contributed by atoms with Crippen molar-refractivity contribution in [1.82, 2.24) is 15.0 Å². The summed E-state index contributed by atoms with van der Waals surface area (Å²) in [6.07, 6.45) is 5.14. The molecule has 1 aromatic carbocycles. The normalized spacial score (nSPS) is 15.9. The Hall–Kier alpha value is -1.22. The fourth-order valence-corrected chi connectivity index (χ4v) is 2.82. The first kappa shape index (κ1) is 19.8. The zero-order chi connectivity index (χ0) is 15.0. The van der Waals surface area contributed by atoms with Gasteiger partial charge in [0.25, 0.3) is 0 Å². The molecule has 6 nitrogen and oxygen atoms in total. The van der Waals surface area contributed by atoms with Crippen molar-refractivity contribution in [3.8, 4) is 5.69 Å². The standard InChI is InChI=1S/C13H15FN4O2S.2ClH/c14-21(19,20)11-6-4-10(5-7-11)18-8-12(16-17-18)13(15)9-2-1-3-9;;/h4-9,13H,1-3,15H2;2*1H/t13-;;/m0../s1. The molecular formula is C13H17Cl2FN4O2S. The first-order valence-corrected chi connectivity index (χ1v) is 8.06. The lowest BCUT2D eigenvalue weighted by Crippen LogP contribution is -2.27. The predicted molar refractivity (Wildman–Crippen MR) is 88.4 cm³/mol. The molecule has 1 aliphatic carbocycles. The molecule has 0 unspecified atom stereocenters. The van der Waals surface area contributed by atoms with Crippen LogP contribution in [0.5, 0.6) is 0 Å². The Kier molecular flexibility index (Phi) is 6.52. The molecule has 128 valence electrons. The highest BCUT2D eigenvalue weighted by Crippen LogP contribution is 2.35. The molecule has 0 spiro atoms. The third-order valence-electron chi connectivity index (χ3n) is 3.89. The van der Waals surface area contributed by atoms with E-state index in [1.165, 1.54) is 35.4 Å². The first-order valence-electron chi connectivity index (χ1n) is 6.68. The van der Waals surface area contributed by atoms with Gasteiger partial charge in [-0.25, -0.2) is 4.68 Å². The number of benzene rings is 1. The van der Waals surface area contributed by atoms with Gasteiger partial charge in [0, 0.05) is 0 Å². The molecule has 0 bridgehead atoms. The molecule has 1 aromatic heterocycles. The van der Waals surface area contributed by atoms with Gasteiger partial charge in [-0.05, 0) is 43.0 Å². The minimum atomic E-state index is -4.68. The zero-order valence-electron chi connectivity index (χ0n) is 12.0. The molecule has 2 aromatic rings. The molecule has 0 radical (unpaired) electrons. The van der Waals surface area contributed by atoms with Crippen LogP contribution in [0.25, 0.3) is 5.69 Å². The number of nitrogens with zero attached hydrogens (tertiary/aromatic N) is 3. The molecule has 0 aliphatic heterocycles. The highest BCUT2D eigenvalue weighted by molar-refractivity contribution is 7.86. The number of hydrogen-bond donors (Lipinski definition) is 1. The molecule has 1 heterocycles. The van der Waals surface area contributed by atoms with E-state index in [2.05, 4.69) is 10.3 Å². The molecule has 10 heteroatoms. The second kappa shape index (κ2) is 7.57. The summed E-state index contributed by atoms with van der Waals surface area (Å²) in [5, 5.41) is 8.05. The smallest absolute Gasteiger partial charge is 0.322 e. The lowest BCUT2D eigenvalue weighted by Gasteiger charge is -2.29. The summed E-state index contributed by atoms with van der Waals surface area (Å²) in [7, 11) is -4.68. The van der Waals surface area contributed by atoms with E-state index in [9.17, 15) is 12.3 Å². The molecule has 1 atom stereocenters. The minimum absolute atomic E-state index is 0. The Balaban J connectivity index is 0.00000132. The fourth-order valence-electron chi connectivity index (χ4n) is 2.36. The molecule has 0 amide bonds. The number of rotatable bonds is 4. The SMILES string of the molecule is Cl.Cl.N[C@H](c1cn(-c2ccc(S(=O)(=O)F)cc2)nn1)C1CCC1. The third-order valence-corrected chi connectivity index (χ3v) is 4.73. The molecule has 1 saturated carbocycles. The van der Waals surface area contributed by atoms with Crippen LogP contribution in [0.2, 0.25) is 0 Å². The van der Waals surface area contributed by atoms with Crippen molar-refractivity contribution in [2.45, 2.75) is 30.2 Å². The highest BCUT2D eigenvalue weighted by atomic mass is 35.5. The van der Waals surface area contributed by atoms with Crippen LogP contribution in [0.1, 0.15) is 31.0 Å². The van der Waals surface area contributed by atoms with Gasteiger partial charge in [0.2, 0.25) is 0 Å². The van der Waals surface area contributed by atoms with Crippen LogP contribution in [0, 0.1) is 5.92 Å². The maximum Gasteiger partial charge on any atom is 0.332 e. The molecule has 3 rings (SSSR count). The number of nitrogens with two attached hydrogens (primary N) is 1. The van der Waals surface area contributed by atoms with Gasteiger partial charge in [-0.2, -0.15) is 8.42 Å². The second-order valence-corrected chi connectivity index (χ2v) is 6.58. The number of aromatic nitrogens is 3. The summed E-state index contributed by atoms with van der Waals surface area (Å²) in [6.45, 7) is 0. The summed E-state index contributed by atoms with van der Waals surface area (Å²) in [6, 6.07) is 5.20. The van der Waals surface area contributed by atoms with Crippen molar-refractivity contribution in [1.29, 1.82) is 0 Å². The highest BCUT2D eigenvalue weighted by Gasteiger charge is 2.27. The summed E-state index contributed by atoms with van der Waals surface area (Å²) < 4.78 is 35.9. The Morgan fingerprint density at radius 3 is 2.30 bits per heavy atom. The quantitative estimate of drug-likeness (QED) is 0.820. The minimum Gasteiger partial charge on any atom is -0.322 e. The van der Waals surface area contributed by atoms with E-state index in [1.807, 2.05) is 0 Å². The first-order chi connectivity index (χ1) is 9.95. The van der Waals surface area contributed by atoms with Crippen molar-refractivity contribution in [3.05, 3.63) is 36.2 Å². The van der Waals surface area contributed by atoms with Crippen LogP contribution < -0.4 is 5.73 Å². The van der Waals surface area contributed by atoms with Crippen molar-refractivity contribution in [2.24, 2.45) is 11.7 Å². The van der Waals surface area contributed by atoms with Crippen LogP contribution in [0.3, 0.4) is 0 Å². The van der Waals surface area contributed by atoms with Gasteiger partial charge in [-0.1, -0.05) is 11.6 Å². The van der Waals surface area contributed by atoms with Gasteiger partial charge in [-0.15, -0.1) is 33.8 Å². The average Bonchev–Trinajstić information content (AvgIpc) is 2.85. The average molecular weight is 383 g/mol. The third kappa shape index (κ3) is 4.20. The monoisotopic (exact) mass is 382 g/mol. The Morgan fingerprint density at radius 2 is 1.83 bits per heavy atom. The molecular weight excluding hydrogens is 366 g/mol. The van der Waals surface area contributed by atoms with Crippen molar-refractivity contribution in [2.75, 3.05) is 0 Å². The van der Waals surface area contributed by atoms with E-state index in [-0.39, 0.29) is 35.8 Å². The Bertz CT molecular complexity index is 748. The van der Waals surface area contributed by atoms with Crippen molar-refractivity contribution >= 4 is 35.0 Å². The molecule has 23 heavy (non-hydrogen) atoms. The Morgan fingerprint density at radius 1 is 1.22 bits per heavy atom. The Labute approximate surface area is 146 Å². The maximum absolute atomic E-state index is 12.8. The van der Waals surface area contributed by atoms with Gasteiger partial charge in [0.15, 0.2) is 0 Å². The lowest BCUT2D eigenvalue weighted by atomic mass is 9.79. The van der Waals surface area contributed by atoms with Gasteiger partial charge >= 0.3 is 10.2 Å². The molecule has 1 fully saturated rings. The molecule has 1 aliphatic rings. The predicted octanol–water partition coefficient (Wildman–Crippen LogP) is 2.57. The van der Waals surface area contributed by atoms with Gasteiger partial charge < -0.3 is 5.73 Å². The van der Waals surface area contributed by atoms with Crippen LogP contribution in [-0.2, 0) is 10.2 Å². The second-order valence-electron chi connectivity index (χ2n) is 5.24. The van der Waals surface area contributed by atoms with Crippen molar-refractivity contribution < 1.29 is 12.3 Å². The van der Waals surface area contributed by atoms with Crippen LogP contribution >= 0.6 is 24.8 Å². The van der Waals surface area contributed by atoms with E-state index in [0.29, 0.717) is 17.3 Å². The fraction of sp³-hybridized carbons (Fsp3) is 0.385. The van der Waals surface area contributed by atoms with Gasteiger partial charge in [-0.3, -0.25) is 0 Å². The maximum atomic E-state index is 12.8. The van der Waals surface area contributed by atoms with E-state index >= 15 is 0 Å². The number of halogens is 3. The van der Waals surface area contributed by atoms with Crippen LogP contribution in [-0.4, -0.2) is 23.4 Å². The van der Waals surface area contributed by atoms with Gasteiger partial charge in [0.1, 0.15) is 5.69 Å². The molecule has 2 N–H and O–H groups in total. The summed E-state index contributed by atoms with van der Waals surface area (Å²) >= 11 is 0. The molecule has 0 saturated heterocycles. The summed E-state index contributed by atoms with van der Waals surface area (Å²) in [5.74, 6) is 0.453. The van der Waals surface area contributed by atoms with Crippen LogP contribution in [0.15, 0.2) is 35.4 Å². The van der Waals surface area contributed by atoms with Crippen LogP contribution in [0.4, 0.5) is 3.89 Å².